The van der Waals surface area contributed by atoms with Crippen LogP contribution in [-0.4, -0.2) is 47.8 Å². The van der Waals surface area contributed by atoms with Crippen LogP contribution in [0.3, 0.4) is 0 Å². The summed E-state index contributed by atoms with van der Waals surface area (Å²) >= 11 is 0. The van der Waals surface area contributed by atoms with Crippen LogP contribution >= 0.6 is 0 Å². The number of fused-ring (bicyclic) bond motifs is 16. The Morgan fingerprint density at radius 3 is 1.33 bits per heavy atom. The molecule has 0 aliphatic heterocycles. The molecule has 14 aromatic rings. The summed E-state index contributed by atoms with van der Waals surface area (Å²) in [5, 5.41) is 1.88. The van der Waals surface area contributed by atoms with E-state index in [4.69, 9.17) is 38.7 Å². The highest BCUT2D eigenvalue weighted by molar-refractivity contribution is 6.04. The molecule has 0 aliphatic rings. The minimum absolute atomic E-state index is 0.517. The number of benzene rings is 6. The predicted molar refractivity (Wildman–Crippen MR) is 224 cm³/mol. The quantitative estimate of drug-likeness (QED) is 0.175. The first-order chi connectivity index (χ1) is 28.7. The maximum absolute atomic E-state index is 6.07. The molecule has 8 aromatic heterocycles. The van der Waals surface area contributed by atoms with Crippen LogP contribution in [0.5, 0.6) is 0 Å². The first kappa shape index (κ1) is 29.9. The summed E-state index contributed by atoms with van der Waals surface area (Å²) in [7, 11) is 0. The van der Waals surface area contributed by atoms with Gasteiger partial charge in [-0.1, -0.05) is 60.7 Å². The average molecular weight is 749 g/mol. The van der Waals surface area contributed by atoms with Crippen molar-refractivity contribution in [1.82, 2.24) is 47.8 Å². The Kier molecular flexibility index (Phi) is 5.51. The van der Waals surface area contributed by atoms with E-state index in [-0.39, 0.29) is 0 Å². The summed E-state index contributed by atoms with van der Waals surface area (Å²) in [4.78, 5) is 30.0. The molecule has 0 unspecified atom stereocenters. The summed E-state index contributed by atoms with van der Waals surface area (Å²) in [5.41, 5.74) is 14.0. The van der Waals surface area contributed by atoms with Crippen molar-refractivity contribution in [2.24, 2.45) is 0 Å². The molecule has 12 nitrogen and oxygen atoms in total. The molecule has 14 rings (SSSR count). The highest BCUT2D eigenvalue weighted by atomic mass is 16.3. The van der Waals surface area contributed by atoms with Gasteiger partial charge in [-0.15, -0.1) is 0 Å². The van der Waals surface area contributed by atoms with Crippen LogP contribution < -0.4 is 0 Å². The molecule has 0 saturated heterocycles. The molecule has 8 heterocycles. The lowest BCUT2D eigenvalue weighted by Gasteiger charge is -2.07. The largest absolute Gasteiger partial charge is 0.453 e. The average Bonchev–Trinajstić information content (AvgIpc) is 4.11. The van der Waals surface area contributed by atoms with E-state index in [1.165, 1.54) is 0 Å². The Morgan fingerprint density at radius 1 is 0.379 bits per heavy atom. The van der Waals surface area contributed by atoms with Crippen molar-refractivity contribution in [2.75, 3.05) is 0 Å². The van der Waals surface area contributed by atoms with Crippen LogP contribution in [0.4, 0.5) is 0 Å². The van der Waals surface area contributed by atoms with Crippen LogP contribution in [-0.2, 0) is 0 Å². The zero-order valence-corrected chi connectivity index (χ0v) is 30.1. The molecule has 0 spiro atoms. The number of aromatic nitrogens is 10. The number of nitrogens with zero attached hydrogens (tertiary/aromatic N) is 10. The van der Waals surface area contributed by atoms with Gasteiger partial charge in [-0.3, -0.25) is 8.80 Å². The van der Waals surface area contributed by atoms with Crippen LogP contribution in [0, 0.1) is 0 Å². The summed E-state index contributed by atoms with van der Waals surface area (Å²) < 4.78 is 20.6. The van der Waals surface area contributed by atoms with E-state index in [0.717, 1.165) is 99.8 Å². The van der Waals surface area contributed by atoms with Gasteiger partial charge >= 0.3 is 0 Å². The summed E-state index contributed by atoms with van der Waals surface area (Å²) in [6.07, 6.45) is 3.50. The molecule has 6 aromatic carbocycles. The van der Waals surface area contributed by atoms with Crippen LogP contribution in [0.25, 0.3) is 123 Å². The predicted octanol–water partition coefficient (Wildman–Crippen LogP) is 10.2. The Bertz CT molecular complexity index is 3800. The van der Waals surface area contributed by atoms with E-state index >= 15 is 0 Å². The van der Waals surface area contributed by atoms with Crippen molar-refractivity contribution in [1.29, 1.82) is 0 Å². The van der Waals surface area contributed by atoms with Crippen LogP contribution in [0.2, 0.25) is 0 Å². The highest BCUT2D eigenvalue weighted by Crippen LogP contribution is 2.36. The van der Waals surface area contributed by atoms with Crippen molar-refractivity contribution >= 4 is 99.8 Å². The zero-order valence-electron chi connectivity index (χ0n) is 30.1. The smallest absolute Gasteiger partial charge is 0.237 e. The molecule has 0 amide bonds. The van der Waals surface area contributed by atoms with Gasteiger partial charge in [0.1, 0.15) is 22.2 Å². The second-order valence-electron chi connectivity index (χ2n) is 14.5. The highest BCUT2D eigenvalue weighted by Gasteiger charge is 2.23. The van der Waals surface area contributed by atoms with Gasteiger partial charge in [0.15, 0.2) is 11.2 Å². The van der Waals surface area contributed by atoms with Crippen molar-refractivity contribution in [3.63, 3.8) is 0 Å². The third-order valence-electron chi connectivity index (χ3n) is 11.3. The van der Waals surface area contributed by atoms with E-state index in [1.54, 1.807) is 12.4 Å². The van der Waals surface area contributed by atoms with Gasteiger partial charge in [0.05, 0.1) is 56.5 Å². The molecule has 0 bridgehead atoms. The number of para-hydroxylation sites is 6. The van der Waals surface area contributed by atoms with Crippen molar-refractivity contribution in [2.45, 2.75) is 0 Å². The molecule has 12 heteroatoms. The fourth-order valence-electron chi connectivity index (χ4n) is 8.77. The van der Waals surface area contributed by atoms with E-state index < -0.39 is 0 Å². The third-order valence-corrected chi connectivity index (χ3v) is 11.3. The third kappa shape index (κ3) is 3.87. The monoisotopic (exact) mass is 748 g/mol. The summed E-state index contributed by atoms with van der Waals surface area (Å²) in [6.45, 7) is 0. The van der Waals surface area contributed by atoms with Crippen molar-refractivity contribution in [3.8, 4) is 23.0 Å². The molecule has 0 radical (unpaired) electrons. The van der Waals surface area contributed by atoms with Crippen LogP contribution in [0.1, 0.15) is 0 Å². The molecule has 0 fully saturated rings. The van der Waals surface area contributed by atoms with Gasteiger partial charge in [-0.25, -0.2) is 39.0 Å². The van der Waals surface area contributed by atoms with E-state index in [0.29, 0.717) is 23.1 Å². The first-order valence-electron chi connectivity index (χ1n) is 18.9. The number of hydrogen-bond donors (Lipinski definition) is 0. The minimum Gasteiger partial charge on any atom is -0.453 e. The van der Waals surface area contributed by atoms with E-state index in [2.05, 4.69) is 57.3 Å². The second-order valence-corrected chi connectivity index (χ2v) is 14.5. The normalized spacial score (nSPS) is 12.5. The number of imidazole rings is 4. The van der Waals surface area contributed by atoms with Gasteiger partial charge in [-0.05, 0) is 83.9 Å². The Balaban J connectivity index is 1.00. The van der Waals surface area contributed by atoms with Gasteiger partial charge < -0.3 is 8.83 Å². The maximum Gasteiger partial charge on any atom is 0.237 e. The SMILES string of the molecule is c1ccc2c(c1)nc1n(-c3ncc4oc5ccccc5c4n3)c3ccc(-c4ccc5c(c4)n4c6ccccc6nc4n5-c4ncc5oc6ccccc6c5n4)cc3n21. The lowest BCUT2D eigenvalue weighted by atomic mass is 10.0. The minimum atomic E-state index is 0.517. The van der Waals surface area contributed by atoms with Gasteiger partial charge in [0, 0.05) is 10.8 Å². The Labute approximate surface area is 324 Å². The molecule has 0 N–H and O–H groups in total. The number of furan rings is 2. The molecule has 58 heavy (non-hydrogen) atoms. The zero-order chi connectivity index (χ0) is 37.6. The lowest BCUT2D eigenvalue weighted by molar-refractivity contribution is 0.665. The summed E-state index contributed by atoms with van der Waals surface area (Å²) in [5.74, 6) is 2.48. The molecular formula is C46H24N10O2. The summed E-state index contributed by atoms with van der Waals surface area (Å²) in [6, 6.07) is 45.2. The van der Waals surface area contributed by atoms with Gasteiger partial charge in [0.2, 0.25) is 23.5 Å². The van der Waals surface area contributed by atoms with Crippen molar-refractivity contribution in [3.05, 3.63) is 146 Å². The Hall–Kier alpha value is -8.38. The van der Waals surface area contributed by atoms with Gasteiger partial charge in [-0.2, -0.15) is 0 Å². The fraction of sp³-hybridized carbons (Fsp3) is 0. The second kappa shape index (κ2) is 10.7. The van der Waals surface area contributed by atoms with E-state index in [9.17, 15) is 0 Å². The fourth-order valence-corrected chi connectivity index (χ4v) is 8.77. The first-order valence-corrected chi connectivity index (χ1v) is 18.9. The van der Waals surface area contributed by atoms with Gasteiger partial charge in [0.25, 0.3) is 0 Å². The lowest BCUT2D eigenvalue weighted by Crippen LogP contribution is -2.01. The molecule has 0 saturated carbocycles. The number of rotatable bonds is 3. The maximum atomic E-state index is 6.07. The van der Waals surface area contributed by atoms with Crippen molar-refractivity contribution < 1.29 is 8.83 Å². The molecule has 0 aliphatic carbocycles. The Morgan fingerprint density at radius 2 is 0.828 bits per heavy atom. The molecular weight excluding hydrogens is 725 g/mol. The molecule has 0 atom stereocenters. The standard InChI is InChI=1S/C46H24N10O2/c1-7-15-37-27(9-1)41-39(57-37)23-47-43(51-41)55-33-19-17-25(21-35(33)53-31-13-5-3-11-29(31)49-45(53)55)26-18-20-34-36(22-26)54-32-14-6-4-12-30(32)50-46(54)56(34)44-48-24-40-42(52-44)28-10-2-8-16-38(28)58-40/h1-24H. The van der Waals surface area contributed by atoms with Crippen LogP contribution in [0.15, 0.2) is 155 Å². The van der Waals surface area contributed by atoms with E-state index in [1.807, 2.05) is 94.1 Å². The topological polar surface area (TPSA) is 122 Å². The molecule has 270 valence electrons. The number of hydrogen-bond acceptors (Lipinski definition) is 8.